The van der Waals surface area contributed by atoms with E-state index in [4.69, 9.17) is 38.6 Å². The van der Waals surface area contributed by atoms with Crippen LogP contribution in [-0.2, 0) is 57.2 Å². The number of esters is 4. The summed E-state index contributed by atoms with van der Waals surface area (Å²) in [6, 6.07) is 0. The Labute approximate surface area is 233 Å². The van der Waals surface area contributed by atoms with E-state index in [2.05, 4.69) is 0 Å². The van der Waals surface area contributed by atoms with Crippen LogP contribution in [0.25, 0.3) is 0 Å². The van der Waals surface area contributed by atoms with Crippen LogP contribution in [0.4, 0.5) is 0 Å². The van der Waals surface area contributed by atoms with Crippen molar-refractivity contribution in [2.24, 2.45) is 0 Å². The van der Waals surface area contributed by atoms with Crippen molar-refractivity contribution in [2.75, 3.05) is 52.9 Å². The first kappa shape index (κ1) is 36.7. The fourth-order valence-corrected chi connectivity index (χ4v) is 2.93. The van der Waals surface area contributed by atoms with Gasteiger partial charge in [0.25, 0.3) is 0 Å². The predicted octanol–water partition coefficient (Wildman–Crippen LogP) is 2.04. The lowest BCUT2D eigenvalue weighted by Crippen LogP contribution is -2.15. The molecule has 14 heteroatoms. The molecule has 0 radical (unpaired) electrons. The lowest BCUT2D eigenvalue weighted by Gasteiger charge is -2.08. The van der Waals surface area contributed by atoms with E-state index in [9.17, 15) is 28.8 Å². The van der Waals surface area contributed by atoms with Gasteiger partial charge in [0.1, 0.15) is 13.2 Å². The van der Waals surface area contributed by atoms with Crippen molar-refractivity contribution in [3.8, 4) is 0 Å². The van der Waals surface area contributed by atoms with E-state index in [0.29, 0.717) is 38.5 Å². The summed E-state index contributed by atoms with van der Waals surface area (Å²) in [5.74, 6) is -3.90. The third kappa shape index (κ3) is 27.8. The Morgan fingerprint density at radius 3 is 1.05 bits per heavy atom. The Morgan fingerprint density at radius 1 is 0.350 bits per heavy atom. The second kappa shape index (κ2) is 26.0. The molecule has 0 aliphatic heterocycles. The molecule has 0 unspecified atom stereocenters. The molecule has 0 heterocycles. The molecule has 2 N–H and O–H groups in total. The van der Waals surface area contributed by atoms with Gasteiger partial charge in [-0.05, 0) is 38.5 Å². The van der Waals surface area contributed by atoms with Crippen molar-refractivity contribution in [2.45, 2.75) is 77.0 Å². The number of carboxylic acid groups (broad SMARTS) is 2. The molecule has 0 amide bonds. The summed E-state index contributed by atoms with van der Waals surface area (Å²) in [5, 5.41) is 17.0. The van der Waals surface area contributed by atoms with Crippen LogP contribution in [0.5, 0.6) is 0 Å². The first-order chi connectivity index (χ1) is 19.2. The second-order valence-electron chi connectivity index (χ2n) is 8.52. The number of carboxylic acids is 2. The minimum absolute atomic E-state index is 0.116. The fraction of sp³-hybridized carbons (Fsp3) is 0.769. The van der Waals surface area contributed by atoms with Crippen molar-refractivity contribution < 1.29 is 67.4 Å². The van der Waals surface area contributed by atoms with Crippen molar-refractivity contribution in [1.29, 1.82) is 0 Å². The van der Waals surface area contributed by atoms with Crippen LogP contribution in [0.3, 0.4) is 0 Å². The van der Waals surface area contributed by atoms with Gasteiger partial charge in [-0.2, -0.15) is 0 Å². The molecule has 0 aliphatic rings. The molecule has 230 valence electrons. The smallest absolute Gasteiger partial charge is 0.306 e. The van der Waals surface area contributed by atoms with Crippen molar-refractivity contribution in [3.05, 3.63) is 0 Å². The van der Waals surface area contributed by atoms with E-state index in [-0.39, 0.29) is 103 Å². The van der Waals surface area contributed by atoms with Gasteiger partial charge in [0.15, 0.2) is 0 Å². The zero-order valence-electron chi connectivity index (χ0n) is 22.9. The quantitative estimate of drug-likeness (QED) is 0.0815. The molecule has 0 saturated heterocycles. The molecule has 0 saturated carbocycles. The highest BCUT2D eigenvalue weighted by Crippen LogP contribution is 2.04. The average molecular weight is 579 g/mol. The Hall–Kier alpha value is -3.26. The van der Waals surface area contributed by atoms with Gasteiger partial charge in [0, 0.05) is 12.8 Å². The van der Waals surface area contributed by atoms with Crippen LogP contribution < -0.4 is 0 Å². The summed E-state index contributed by atoms with van der Waals surface area (Å²) in [5.41, 5.74) is 0. The van der Waals surface area contributed by atoms with Crippen LogP contribution >= 0.6 is 0 Å². The third-order valence-corrected chi connectivity index (χ3v) is 5.02. The Bertz CT molecular complexity index is 690. The van der Waals surface area contributed by atoms with Crippen LogP contribution in [0, 0.1) is 0 Å². The molecule has 14 nitrogen and oxygen atoms in total. The topological polar surface area (TPSA) is 198 Å². The van der Waals surface area contributed by atoms with Crippen molar-refractivity contribution in [1.82, 2.24) is 0 Å². The van der Waals surface area contributed by atoms with Crippen molar-refractivity contribution in [3.63, 3.8) is 0 Å². The van der Waals surface area contributed by atoms with E-state index in [1.807, 2.05) is 0 Å². The maximum absolute atomic E-state index is 11.7. The van der Waals surface area contributed by atoms with Gasteiger partial charge in [-0.25, -0.2) is 0 Å². The molecular weight excluding hydrogens is 536 g/mol. The highest BCUT2D eigenvalue weighted by atomic mass is 16.6. The van der Waals surface area contributed by atoms with Gasteiger partial charge < -0.3 is 38.6 Å². The van der Waals surface area contributed by atoms with Crippen LogP contribution in [-0.4, -0.2) is 98.9 Å². The summed E-state index contributed by atoms with van der Waals surface area (Å²) in [6.07, 6.45) is 3.31. The zero-order chi connectivity index (χ0) is 29.8. The number of carbonyl (C=O) groups excluding carboxylic acids is 4. The minimum atomic E-state index is -1.05. The zero-order valence-corrected chi connectivity index (χ0v) is 22.9. The summed E-state index contributed by atoms with van der Waals surface area (Å²) in [6.45, 7) is 1.63. The number of hydrogen-bond donors (Lipinski definition) is 2. The standard InChI is InChI=1S/C26H42O14/c27-21(28)9-11-25(33)37-13-5-1-3-7-23(31)39-19-17-35-15-16-36-18-20-40-24(32)8-4-2-6-14-38-26(34)12-10-22(29)30/h1-20H2,(H,27,28)(H,29,30). The molecule has 0 rings (SSSR count). The molecular formula is C26H42O14. The molecule has 0 aromatic carbocycles. The monoisotopic (exact) mass is 578 g/mol. The first-order valence-corrected chi connectivity index (χ1v) is 13.4. The highest BCUT2D eigenvalue weighted by molar-refractivity contribution is 5.77. The molecule has 0 spiro atoms. The number of carbonyl (C=O) groups is 6. The lowest BCUT2D eigenvalue weighted by molar-refractivity contribution is -0.148. The van der Waals surface area contributed by atoms with E-state index in [0.717, 1.165) is 0 Å². The number of ether oxygens (including phenoxy) is 6. The van der Waals surface area contributed by atoms with Gasteiger partial charge >= 0.3 is 35.8 Å². The summed E-state index contributed by atoms with van der Waals surface area (Å²) in [4.78, 5) is 66.5. The van der Waals surface area contributed by atoms with Crippen LogP contribution in [0.1, 0.15) is 77.0 Å². The maximum atomic E-state index is 11.7. The molecule has 0 fully saturated rings. The SMILES string of the molecule is O=C(O)CCC(=O)OCCCCCC(=O)OCCOCCOCCOC(=O)CCCCCOC(=O)CCC(=O)O. The predicted molar refractivity (Wildman–Crippen MR) is 136 cm³/mol. The molecule has 0 aromatic rings. The number of aliphatic carboxylic acids is 2. The summed E-state index contributed by atoms with van der Waals surface area (Å²) >= 11 is 0. The minimum Gasteiger partial charge on any atom is -0.481 e. The summed E-state index contributed by atoms with van der Waals surface area (Å²) in [7, 11) is 0. The normalized spacial score (nSPS) is 10.5. The van der Waals surface area contributed by atoms with Crippen LogP contribution in [0.2, 0.25) is 0 Å². The molecule has 0 atom stereocenters. The lowest BCUT2D eigenvalue weighted by atomic mass is 10.2. The highest BCUT2D eigenvalue weighted by Gasteiger charge is 2.08. The third-order valence-electron chi connectivity index (χ3n) is 5.02. The number of hydrogen-bond acceptors (Lipinski definition) is 12. The van der Waals surface area contributed by atoms with Crippen molar-refractivity contribution >= 4 is 35.8 Å². The van der Waals surface area contributed by atoms with Gasteiger partial charge in [-0.15, -0.1) is 0 Å². The van der Waals surface area contributed by atoms with Gasteiger partial charge in [0.05, 0.1) is 65.3 Å². The molecule has 0 aromatic heterocycles. The van der Waals surface area contributed by atoms with Gasteiger partial charge in [-0.1, -0.05) is 0 Å². The molecule has 0 bridgehead atoms. The van der Waals surface area contributed by atoms with E-state index in [1.165, 1.54) is 0 Å². The molecule has 0 aliphatic carbocycles. The van der Waals surface area contributed by atoms with E-state index in [1.54, 1.807) is 0 Å². The number of rotatable bonds is 27. The van der Waals surface area contributed by atoms with Crippen LogP contribution in [0.15, 0.2) is 0 Å². The van der Waals surface area contributed by atoms with E-state index < -0.39 is 23.9 Å². The fourth-order valence-electron chi connectivity index (χ4n) is 2.93. The van der Waals surface area contributed by atoms with Gasteiger partial charge in [-0.3, -0.25) is 28.8 Å². The summed E-state index contributed by atoms with van der Waals surface area (Å²) < 4.78 is 30.5. The second-order valence-corrected chi connectivity index (χ2v) is 8.52. The largest absolute Gasteiger partial charge is 0.481 e. The Kier molecular flexibility index (Phi) is 23.9. The average Bonchev–Trinajstić information content (AvgIpc) is 2.91. The number of unbranched alkanes of at least 4 members (excludes halogenated alkanes) is 4. The van der Waals surface area contributed by atoms with E-state index >= 15 is 0 Å². The Balaban J connectivity index is 3.38. The molecule has 40 heavy (non-hydrogen) atoms. The van der Waals surface area contributed by atoms with Gasteiger partial charge in [0.2, 0.25) is 0 Å². The maximum Gasteiger partial charge on any atom is 0.306 e. The Morgan fingerprint density at radius 2 is 0.675 bits per heavy atom. The first-order valence-electron chi connectivity index (χ1n) is 13.4.